The summed E-state index contributed by atoms with van der Waals surface area (Å²) in [5, 5.41) is 1.89. The van der Waals surface area contributed by atoms with E-state index in [-0.39, 0.29) is 5.41 Å². The Bertz CT molecular complexity index is 554. The highest BCUT2D eigenvalue weighted by Gasteiger charge is 2.19. The summed E-state index contributed by atoms with van der Waals surface area (Å²) < 4.78 is 0. The van der Waals surface area contributed by atoms with Crippen LogP contribution in [0, 0.1) is 5.41 Å². The first kappa shape index (κ1) is 10.8. The quantitative estimate of drug-likeness (QED) is 0.688. The van der Waals surface area contributed by atoms with Crippen molar-refractivity contribution in [3.63, 3.8) is 0 Å². The molecule has 0 bridgehead atoms. The van der Waals surface area contributed by atoms with Crippen molar-refractivity contribution in [2.24, 2.45) is 10.4 Å². The molecule has 0 spiro atoms. The third-order valence-electron chi connectivity index (χ3n) is 2.63. The molecular weight excluding hydrogens is 196 g/mol. The first-order valence-electron chi connectivity index (χ1n) is 5.43. The van der Waals surface area contributed by atoms with Crippen LogP contribution in [-0.4, -0.2) is 4.98 Å². The normalized spacial score (nSPS) is 22.6. The van der Waals surface area contributed by atoms with Crippen molar-refractivity contribution in [1.29, 1.82) is 0 Å². The summed E-state index contributed by atoms with van der Waals surface area (Å²) in [7, 11) is 0. The Morgan fingerprint density at radius 1 is 1.50 bits per heavy atom. The van der Waals surface area contributed by atoms with E-state index in [1.807, 2.05) is 25.3 Å². The smallest absolute Gasteiger partial charge is 0.0883 e. The Morgan fingerprint density at radius 2 is 2.31 bits per heavy atom. The molecule has 1 aromatic rings. The SMILES string of the molecule is C=C(C)CC1(C)C=CN=c2cccnc2=C1. The van der Waals surface area contributed by atoms with Gasteiger partial charge in [-0.25, -0.2) is 0 Å². The molecule has 1 atom stereocenters. The van der Waals surface area contributed by atoms with E-state index >= 15 is 0 Å². The van der Waals surface area contributed by atoms with Crippen molar-refractivity contribution in [3.05, 3.63) is 53.5 Å². The number of aromatic nitrogens is 1. The molecule has 2 heterocycles. The van der Waals surface area contributed by atoms with Gasteiger partial charge in [-0.05, 0) is 31.6 Å². The van der Waals surface area contributed by atoms with E-state index in [0.717, 1.165) is 17.1 Å². The molecule has 0 fully saturated rings. The fraction of sp³-hybridized carbons (Fsp3) is 0.286. The second kappa shape index (κ2) is 4.05. The number of pyridine rings is 1. The second-order valence-corrected chi connectivity index (χ2v) is 4.64. The van der Waals surface area contributed by atoms with E-state index in [9.17, 15) is 0 Å². The van der Waals surface area contributed by atoms with E-state index in [1.165, 1.54) is 5.57 Å². The predicted molar refractivity (Wildman–Crippen MR) is 66.2 cm³/mol. The van der Waals surface area contributed by atoms with Gasteiger partial charge in [0.05, 0.1) is 10.7 Å². The number of hydrogen-bond acceptors (Lipinski definition) is 2. The van der Waals surface area contributed by atoms with Crippen LogP contribution in [0.15, 0.2) is 47.7 Å². The number of allylic oxidation sites excluding steroid dienone is 2. The van der Waals surface area contributed by atoms with Crippen LogP contribution in [0.1, 0.15) is 20.3 Å². The Morgan fingerprint density at radius 3 is 3.06 bits per heavy atom. The van der Waals surface area contributed by atoms with Gasteiger partial charge in [0.15, 0.2) is 0 Å². The molecule has 2 rings (SSSR count). The van der Waals surface area contributed by atoms with Gasteiger partial charge in [0, 0.05) is 17.8 Å². The van der Waals surface area contributed by atoms with Gasteiger partial charge < -0.3 is 0 Å². The maximum Gasteiger partial charge on any atom is 0.0883 e. The molecule has 2 nitrogen and oxygen atoms in total. The van der Waals surface area contributed by atoms with Crippen LogP contribution < -0.4 is 10.7 Å². The molecule has 0 saturated heterocycles. The lowest BCUT2D eigenvalue weighted by Crippen LogP contribution is -2.29. The molecule has 0 radical (unpaired) electrons. The molecule has 1 aliphatic heterocycles. The molecule has 16 heavy (non-hydrogen) atoms. The van der Waals surface area contributed by atoms with Gasteiger partial charge in [-0.2, -0.15) is 0 Å². The minimum Gasteiger partial charge on any atom is -0.255 e. The molecular formula is C14H16N2. The average Bonchev–Trinajstić information content (AvgIpc) is 2.34. The molecule has 1 aliphatic rings. The van der Waals surface area contributed by atoms with Gasteiger partial charge >= 0.3 is 0 Å². The number of nitrogens with zero attached hydrogens (tertiary/aromatic N) is 2. The van der Waals surface area contributed by atoms with Crippen LogP contribution in [0.4, 0.5) is 0 Å². The Kier molecular flexibility index (Phi) is 2.73. The largest absolute Gasteiger partial charge is 0.255 e. The minimum atomic E-state index is -0.0328. The molecule has 0 saturated carbocycles. The zero-order valence-corrected chi connectivity index (χ0v) is 9.77. The molecule has 0 aliphatic carbocycles. The van der Waals surface area contributed by atoms with E-state index in [4.69, 9.17) is 0 Å². The lowest BCUT2D eigenvalue weighted by molar-refractivity contribution is 0.582. The monoisotopic (exact) mass is 212 g/mol. The third-order valence-corrected chi connectivity index (χ3v) is 2.63. The van der Waals surface area contributed by atoms with Crippen LogP contribution in [0.5, 0.6) is 0 Å². The standard InChI is InChI=1S/C14H16N2/c1-11(2)9-14(3)6-8-16-12-5-4-7-15-13(12)10-14/h4-8,10H,1,9H2,2-3H3. The predicted octanol–water partition coefficient (Wildman–Crippen LogP) is 1.98. The number of rotatable bonds is 2. The van der Waals surface area contributed by atoms with Gasteiger partial charge in [0.2, 0.25) is 0 Å². The fourth-order valence-electron chi connectivity index (χ4n) is 2.04. The van der Waals surface area contributed by atoms with E-state index in [2.05, 4.69) is 35.6 Å². The molecule has 1 aromatic heterocycles. The molecule has 0 N–H and O–H groups in total. The molecule has 82 valence electrons. The number of fused-ring (bicyclic) bond motifs is 1. The first-order valence-corrected chi connectivity index (χ1v) is 5.43. The zero-order valence-electron chi connectivity index (χ0n) is 9.77. The van der Waals surface area contributed by atoms with Gasteiger partial charge in [-0.15, -0.1) is 6.58 Å². The molecule has 0 amide bonds. The second-order valence-electron chi connectivity index (χ2n) is 4.64. The summed E-state index contributed by atoms with van der Waals surface area (Å²) in [5.41, 5.74) is 1.14. The van der Waals surface area contributed by atoms with E-state index < -0.39 is 0 Å². The van der Waals surface area contributed by atoms with Gasteiger partial charge in [-0.3, -0.25) is 9.98 Å². The minimum absolute atomic E-state index is 0.0328. The fourth-order valence-corrected chi connectivity index (χ4v) is 2.04. The van der Waals surface area contributed by atoms with Crippen LogP contribution in [-0.2, 0) is 0 Å². The topological polar surface area (TPSA) is 25.2 Å². The van der Waals surface area contributed by atoms with Crippen LogP contribution >= 0.6 is 0 Å². The average molecular weight is 212 g/mol. The van der Waals surface area contributed by atoms with Crippen LogP contribution in [0.25, 0.3) is 6.08 Å². The highest BCUT2D eigenvalue weighted by Crippen LogP contribution is 2.28. The summed E-state index contributed by atoms with van der Waals surface area (Å²) in [6.45, 7) is 8.20. The van der Waals surface area contributed by atoms with E-state index in [0.29, 0.717) is 0 Å². The molecule has 2 heteroatoms. The van der Waals surface area contributed by atoms with Gasteiger partial charge in [0.1, 0.15) is 0 Å². The van der Waals surface area contributed by atoms with Crippen molar-refractivity contribution in [2.45, 2.75) is 20.3 Å². The Balaban J connectivity index is 2.55. The van der Waals surface area contributed by atoms with Crippen molar-refractivity contribution in [3.8, 4) is 0 Å². The Labute approximate surface area is 95.8 Å². The van der Waals surface area contributed by atoms with Crippen molar-refractivity contribution < 1.29 is 0 Å². The maximum atomic E-state index is 4.39. The van der Waals surface area contributed by atoms with Crippen molar-refractivity contribution in [1.82, 2.24) is 4.98 Å². The number of hydrogen-bond donors (Lipinski definition) is 0. The summed E-state index contributed by atoms with van der Waals surface area (Å²) in [6.07, 6.45) is 8.88. The Hall–Kier alpha value is -1.70. The third kappa shape index (κ3) is 2.27. The summed E-state index contributed by atoms with van der Waals surface area (Å²) >= 11 is 0. The lowest BCUT2D eigenvalue weighted by atomic mass is 9.84. The first-order chi connectivity index (χ1) is 7.59. The maximum absolute atomic E-state index is 4.39. The highest BCUT2D eigenvalue weighted by molar-refractivity contribution is 5.37. The van der Waals surface area contributed by atoms with Crippen LogP contribution in [0.2, 0.25) is 0 Å². The summed E-state index contributed by atoms with van der Waals surface area (Å²) in [5.74, 6) is 0. The molecule has 0 aromatic carbocycles. The van der Waals surface area contributed by atoms with Crippen molar-refractivity contribution in [2.75, 3.05) is 0 Å². The summed E-state index contributed by atoms with van der Waals surface area (Å²) in [6, 6.07) is 3.89. The lowest BCUT2D eigenvalue weighted by Gasteiger charge is -2.20. The van der Waals surface area contributed by atoms with Crippen molar-refractivity contribution >= 4 is 6.08 Å². The van der Waals surface area contributed by atoms with E-state index in [1.54, 1.807) is 6.20 Å². The zero-order chi connectivity index (χ0) is 11.6. The van der Waals surface area contributed by atoms with Gasteiger partial charge in [-0.1, -0.05) is 18.6 Å². The molecule has 1 unspecified atom stereocenters. The highest BCUT2D eigenvalue weighted by atomic mass is 14.7. The van der Waals surface area contributed by atoms with Gasteiger partial charge in [0.25, 0.3) is 0 Å². The van der Waals surface area contributed by atoms with Crippen LogP contribution in [0.3, 0.4) is 0 Å². The summed E-state index contributed by atoms with van der Waals surface area (Å²) in [4.78, 5) is 8.75.